The van der Waals surface area contributed by atoms with Crippen molar-refractivity contribution < 1.29 is 4.79 Å². The van der Waals surface area contributed by atoms with E-state index >= 15 is 0 Å². The predicted octanol–water partition coefficient (Wildman–Crippen LogP) is 1.48. The lowest BCUT2D eigenvalue weighted by molar-refractivity contribution is -0.120. The van der Waals surface area contributed by atoms with Crippen molar-refractivity contribution in [2.75, 3.05) is 4.43 Å². The van der Waals surface area contributed by atoms with Crippen molar-refractivity contribution in [3.05, 3.63) is 0 Å². The minimum Gasteiger partial charge on any atom is -0.352 e. The fraction of sp³-hybridized carbons (Fsp3) is 0.875. The second kappa shape index (κ2) is 2.61. The summed E-state index contributed by atoms with van der Waals surface area (Å²) in [7, 11) is 0. The van der Waals surface area contributed by atoms with Crippen LogP contribution in [0.4, 0.5) is 0 Å². The van der Waals surface area contributed by atoms with E-state index in [0.29, 0.717) is 11.5 Å². The normalized spacial score (nSPS) is 33.5. The summed E-state index contributed by atoms with van der Waals surface area (Å²) in [5, 5.41) is 3.05. The molecule has 1 aliphatic carbocycles. The van der Waals surface area contributed by atoms with E-state index in [2.05, 4.69) is 27.9 Å². The van der Waals surface area contributed by atoms with Crippen LogP contribution in [0.3, 0.4) is 0 Å². The molecule has 1 N–H and O–H groups in total. The maximum Gasteiger partial charge on any atom is 0.220 e. The van der Waals surface area contributed by atoms with E-state index in [1.54, 1.807) is 0 Å². The van der Waals surface area contributed by atoms with Gasteiger partial charge in [-0.25, -0.2) is 0 Å². The highest BCUT2D eigenvalue weighted by atomic mass is 127. The molecule has 2 nitrogen and oxygen atoms in total. The van der Waals surface area contributed by atoms with E-state index in [-0.39, 0.29) is 5.91 Å². The Morgan fingerprint density at radius 3 is 2.73 bits per heavy atom. The predicted molar refractivity (Wildman–Crippen MR) is 51.7 cm³/mol. The minimum absolute atomic E-state index is 0.270. The molecule has 0 aromatic rings. The average Bonchev–Trinajstić information content (AvgIpc) is 2.25. The van der Waals surface area contributed by atoms with E-state index in [9.17, 15) is 4.79 Å². The first-order valence-electron chi connectivity index (χ1n) is 4.12. The van der Waals surface area contributed by atoms with E-state index in [1.807, 2.05) is 0 Å². The maximum atomic E-state index is 11.1. The largest absolute Gasteiger partial charge is 0.352 e. The van der Waals surface area contributed by atoms with Crippen LogP contribution in [0.25, 0.3) is 0 Å². The summed E-state index contributed by atoms with van der Waals surface area (Å²) in [6.07, 6.45) is 4.64. The Hall–Kier alpha value is 0.200. The third kappa shape index (κ3) is 1.08. The van der Waals surface area contributed by atoms with Crippen LogP contribution >= 0.6 is 22.6 Å². The van der Waals surface area contributed by atoms with Crippen molar-refractivity contribution in [3.8, 4) is 0 Å². The summed E-state index contributed by atoms with van der Waals surface area (Å²) in [6.45, 7) is 0. The van der Waals surface area contributed by atoms with Crippen LogP contribution in [0, 0.1) is 5.41 Å². The third-order valence-corrected chi connectivity index (χ3v) is 3.97. The maximum absolute atomic E-state index is 11.1. The molecule has 1 spiro atoms. The van der Waals surface area contributed by atoms with Crippen molar-refractivity contribution in [2.45, 2.75) is 31.7 Å². The van der Waals surface area contributed by atoms with Crippen molar-refractivity contribution in [2.24, 2.45) is 5.41 Å². The number of hydrogen-bond acceptors (Lipinski definition) is 1. The van der Waals surface area contributed by atoms with Gasteiger partial charge in [0.05, 0.1) is 0 Å². The van der Waals surface area contributed by atoms with Gasteiger partial charge in [-0.1, -0.05) is 29.0 Å². The molecule has 1 aliphatic heterocycles. The number of rotatable bonds is 1. The average molecular weight is 265 g/mol. The molecule has 1 saturated heterocycles. The number of carbonyl (C=O) groups excluding carboxylic acids is 1. The van der Waals surface area contributed by atoms with Gasteiger partial charge in [-0.05, 0) is 12.8 Å². The highest BCUT2D eigenvalue weighted by Crippen LogP contribution is 2.49. The molecule has 0 aromatic heterocycles. The molecule has 1 amide bonds. The molecule has 1 heterocycles. The van der Waals surface area contributed by atoms with Gasteiger partial charge in [0.25, 0.3) is 0 Å². The van der Waals surface area contributed by atoms with Gasteiger partial charge in [-0.15, -0.1) is 0 Å². The third-order valence-electron chi connectivity index (χ3n) is 3.09. The van der Waals surface area contributed by atoms with Crippen molar-refractivity contribution >= 4 is 28.5 Å². The topological polar surface area (TPSA) is 29.1 Å². The monoisotopic (exact) mass is 265 g/mol. The molecule has 2 aliphatic rings. The van der Waals surface area contributed by atoms with E-state index in [4.69, 9.17) is 0 Å². The fourth-order valence-electron chi connectivity index (χ4n) is 2.20. The van der Waals surface area contributed by atoms with E-state index < -0.39 is 0 Å². The highest BCUT2D eigenvalue weighted by molar-refractivity contribution is 14.1. The van der Waals surface area contributed by atoms with E-state index in [1.165, 1.54) is 19.3 Å². The van der Waals surface area contributed by atoms with Crippen molar-refractivity contribution in [1.82, 2.24) is 5.32 Å². The van der Waals surface area contributed by atoms with Gasteiger partial charge < -0.3 is 5.32 Å². The molecule has 0 aromatic carbocycles. The number of alkyl halides is 1. The SMILES string of the molecule is O=C1CC2(CCC2)C(CI)N1. The molecule has 3 heteroatoms. The van der Waals surface area contributed by atoms with Crippen molar-refractivity contribution in [1.29, 1.82) is 0 Å². The van der Waals surface area contributed by atoms with Crippen LogP contribution in [0.15, 0.2) is 0 Å². The molecule has 1 unspecified atom stereocenters. The smallest absolute Gasteiger partial charge is 0.220 e. The lowest BCUT2D eigenvalue weighted by Crippen LogP contribution is -2.42. The minimum atomic E-state index is 0.270. The zero-order valence-electron chi connectivity index (χ0n) is 6.40. The standard InChI is InChI=1S/C8H12INO/c9-5-6-8(2-1-3-8)4-7(11)10-6/h6H,1-5H2,(H,10,11). The molecule has 0 bridgehead atoms. The molecule has 1 saturated carbocycles. The second-order valence-corrected chi connectivity index (χ2v) is 4.55. The first-order valence-corrected chi connectivity index (χ1v) is 5.65. The zero-order valence-corrected chi connectivity index (χ0v) is 8.56. The summed E-state index contributed by atoms with van der Waals surface area (Å²) in [5.74, 6) is 0.270. The van der Waals surface area contributed by atoms with Crippen LogP contribution in [0.5, 0.6) is 0 Å². The molecule has 62 valence electrons. The van der Waals surface area contributed by atoms with Gasteiger partial charge >= 0.3 is 0 Å². The highest BCUT2D eigenvalue weighted by Gasteiger charge is 2.49. The molecule has 2 rings (SSSR count). The van der Waals surface area contributed by atoms with Gasteiger partial charge in [-0.3, -0.25) is 4.79 Å². The number of nitrogens with one attached hydrogen (secondary N) is 1. The molecular formula is C8H12INO. The van der Waals surface area contributed by atoms with Gasteiger partial charge in [0.2, 0.25) is 5.91 Å². The summed E-state index contributed by atoms with van der Waals surface area (Å²) in [4.78, 5) is 11.1. The Morgan fingerprint density at radius 2 is 2.36 bits per heavy atom. The van der Waals surface area contributed by atoms with Crippen LogP contribution in [0.1, 0.15) is 25.7 Å². The second-order valence-electron chi connectivity index (χ2n) is 3.67. The number of hydrogen-bond donors (Lipinski definition) is 1. The van der Waals surface area contributed by atoms with Crippen LogP contribution in [0.2, 0.25) is 0 Å². The summed E-state index contributed by atoms with van der Waals surface area (Å²) in [6, 6.07) is 0.476. The zero-order chi connectivity index (χ0) is 7.90. The van der Waals surface area contributed by atoms with Crippen LogP contribution in [-0.4, -0.2) is 16.4 Å². The Balaban J connectivity index is 2.13. The van der Waals surface area contributed by atoms with Gasteiger partial charge in [0.1, 0.15) is 0 Å². The molecule has 1 atom stereocenters. The molecular weight excluding hydrogens is 253 g/mol. The lowest BCUT2D eigenvalue weighted by Gasteiger charge is -2.41. The molecule has 0 radical (unpaired) electrons. The Bertz CT molecular complexity index is 189. The van der Waals surface area contributed by atoms with Gasteiger partial charge in [-0.2, -0.15) is 0 Å². The number of halogens is 1. The van der Waals surface area contributed by atoms with E-state index in [0.717, 1.165) is 10.8 Å². The number of carbonyl (C=O) groups is 1. The molecule has 11 heavy (non-hydrogen) atoms. The molecule has 2 fully saturated rings. The summed E-state index contributed by atoms with van der Waals surface area (Å²) < 4.78 is 1.07. The summed E-state index contributed by atoms with van der Waals surface area (Å²) in [5.41, 5.74) is 0.387. The Labute approximate surface area is 80.3 Å². The fourth-order valence-corrected chi connectivity index (χ4v) is 3.35. The Kier molecular flexibility index (Phi) is 1.85. The van der Waals surface area contributed by atoms with Crippen molar-refractivity contribution in [3.63, 3.8) is 0 Å². The lowest BCUT2D eigenvalue weighted by atomic mass is 9.64. The first kappa shape index (κ1) is 7.83. The number of amides is 1. The quantitative estimate of drug-likeness (QED) is 0.564. The van der Waals surface area contributed by atoms with Gasteiger partial charge in [0.15, 0.2) is 0 Å². The Morgan fingerprint density at radius 1 is 1.64 bits per heavy atom. The first-order chi connectivity index (χ1) is 5.27. The summed E-state index contributed by atoms with van der Waals surface area (Å²) >= 11 is 2.37. The van der Waals surface area contributed by atoms with Crippen LogP contribution < -0.4 is 5.32 Å². The van der Waals surface area contributed by atoms with Gasteiger partial charge in [0, 0.05) is 22.3 Å². The van der Waals surface area contributed by atoms with Crippen LogP contribution in [-0.2, 0) is 4.79 Å².